The van der Waals surface area contributed by atoms with Crippen LogP contribution in [0.5, 0.6) is 0 Å². The Balaban J connectivity index is 4.31. The van der Waals surface area contributed by atoms with Gasteiger partial charge in [0.2, 0.25) is 0 Å². The maximum atomic E-state index is 12.8. The number of carbonyl (C=O) groups is 2. The molecule has 9 nitrogen and oxygen atoms in total. The molecule has 0 aliphatic carbocycles. The Kier molecular flexibility index (Phi) is 56.6. The molecule has 0 fully saturated rings. The highest BCUT2D eigenvalue weighted by atomic mass is 31.2. The van der Waals surface area contributed by atoms with Crippen LogP contribution in [0.25, 0.3) is 0 Å². The first-order valence-corrected chi connectivity index (χ1v) is 32.6. The van der Waals surface area contributed by atoms with Crippen molar-refractivity contribution in [1.29, 1.82) is 0 Å². The molecule has 0 aliphatic rings. The molecule has 0 radical (unpaired) electrons. The second kappa shape index (κ2) is 60.4. The normalized spacial score (nSPS) is 14.6. The first-order valence-electron chi connectivity index (χ1n) is 31.1. The van der Waals surface area contributed by atoms with Gasteiger partial charge < -0.3 is 27.9 Å². The van der Waals surface area contributed by atoms with Crippen molar-refractivity contribution in [3.8, 4) is 0 Å². The van der Waals surface area contributed by atoms with Crippen LogP contribution < -0.4 is 4.89 Å². The fraction of sp³-hybridized carbons (Fsp3) is 0.528. The third kappa shape index (κ3) is 64.0. The molecular weight excluding hydrogens is 1040 g/mol. The molecule has 82 heavy (non-hydrogen) atoms. The molecule has 0 amide bonds. The van der Waals surface area contributed by atoms with Gasteiger partial charge in [-0.2, -0.15) is 0 Å². The van der Waals surface area contributed by atoms with Gasteiger partial charge in [-0.3, -0.25) is 14.2 Å². The Morgan fingerprint density at radius 3 is 0.963 bits per heavy atom. The van der Waals surface area contributed by atoms with E-state index in [0.717, 1.165) is 154 Å². The largest absolute Gasteiger partial charge is 0.756 e. The predicted octanol–water partition coefficient (Wildman–Crippen LogP) is 19.5. The summed E-state index contributed by atoms with van der Waals surface area (Å²) in [4.78, 5) is 37.9. The minimum absolute atomic E-state index is 0.0530. The molecule has 0 saturated heterocycles. The minimum atomic E-state index is -4.67. The second-order valence-corrected chi connectivity index (χ2v) is 22.4. The topological polar surface area (TPSA) is 111 Å². The van der Waals surface area contributed by atoms with Crippen LogP contribution in [0.3, 0.4) is 0 Å². The van der Waals surface area contributed by atoms with Gasteiger partial charge in [-0.1, -0.05) is 234 Å². The smallest absolute Gasteiger partial charge is 0.306 e. The maximum Gasteiger partial charge on any atom is 0.306 e. The van der Waals surface area contributed by atoms with E-state index in [1.165, 1.54) is 0 Å². The number of esters is 2. The summed E-state index contributed by atoms with van der Waals surface area (Å²) in [5.41, 5.74) is 0. The third-order valence-electron chi connectivity index (χ3n) is 12.1. The average molecular weight is 1150 g/mol. The standard InChI is InChI=1S/C72H112NO8P/c1-6-8-10-12-14-16-18-20-22-24-26-28-30-31-32-33-34-35-36-37-38-39-40-41-43-45-47-49-51-53-55-57-59-61-63-65-72(75)81-70(69-80-82(76,77)79-67-66-73(3,4)5)68-78-71(74)64-62-60-58-56-54-52-50-48-46-44-42-29-27-25-23-21-19-17-15-13-11-9-7-2/h8-11,14-17,20-23,26-29,31-32,34-35,37-38,40-41,44-47,50-53,70H,6-7,12-13,18-19,24-25,30,33,36,39,42-43,48-49,54-69H2,1-5H3/b10-8-,11-9-,16-14-,17-15-,22-20-,23-21-,28-26-,29-27-,32-31-,35-34-,38-37-,41-40-,46-44-,47-45-,52-50-,53-51-. The molecule has 0 heterocycles. The van der Waals surface area contributed by atoms with Gasteiger partial charge in [0.15, 0.2) is 6.10 Å². The number of carbonyl (C=O) groups excluding carboxylic acids is 2. The average Bonchev–Trinajstić information content (AvgIpc) is 3.45. The van der Waals surface area contributed by atoms with E-state index in [2.05, 4.69) is 208 Å². The summed E-state index contributed by atoms with van der Waals surface area (Å²) >= 11 is 0. The molecule has 0 aromatic heterocycles. The molecule has 0 bridgehead atoms. The molecule has 458 valence electrons. The van der Waals surface area contributed by atoms with Crippen LogP contribution in [0, 0.1) is 0 Å². The lowest BCUT2D eigenvalue weighted by Crippen LogP contribution is -2.37. The summed E-state index contributed by atoms with van der Waals surface area (Å²) in [7, 11) is 1.10. The van der Waals surface area contributed by atoms with Crippen LogP contribution in [0.4, 0.5) is 0 Å². The Labute approximate surface area is 501 Å². The molecule has 0 saturated carbocycles. The zero-order valence-corrected chi connectivity index (χ0v) is 52.7. The molecule has 0 aromatic rings. The first kappa shape index (κ1) is 76.9. The van der Waals surface area contributed by atoms with Crippen molar-refractivity contribution in [2.24, 2.45) is 0 Å². The van der Waals surface area contributed by atoms with Gasteiger partial charge in [0.25, 0.3) is 7.82 Å². The van der Waals surface area contributed by atoms with E-state index in [1.807, 2.05) is 21.1 Å². The van der Waals surface area contributed by atoms with Crippen molar-refractivity contribution in [2.45, 2.75) is 200 Å². The molecule has 0 rings (SSSR count). The molecule has 2 atom stereocenters. The van der Waals surface area contributed by atoms with Gasteiger partial charge in [-0.25, -0.2) is 0 Å². The summed E-state index contributed by atoms with van der Waals surface area (Å²) in [5, 5.41) is 0. The van der Waals surface area contributed by atoms with Crippen molar-refractivity contribution in [1.82, 2.24) is 0 Å². The first-order chi connectivity index (χ1) is 40.0. The molecule has 10 heteroatoms. The monoisotopic (exact) mass is 1150 g/mol. The molecule has 2 unspecified atom stereocenters. The zero-order valence-electron chi connectivity index (χ0n) is 51.8. The van der Waals surface area contributed by atoms with Gasteiger partial charge in [0, 0.05) is 12.8 Å². The highest BCUT2D eigenvalue weighted by Crippen LogP contribution is 2.38. The van der Waals surface area contributed by atoms with E-state index < -0.39 is 32.5 Å². The van der Waals surface area contributed by atoms with Gasteiger partial charge in [0.1, 0.15) is 19.8 Å². The van der Waals surface area contributed by atoms with Crippen LogP contribution in [-0.2, 0) is 32.7 Å². The highest BCUT2D eigenvalue weighted by molar-refractivity contribution is 7.45. The molecule has 0 aromatic carbocycles. The molecule has 0 N–H and O–H groups in total. The van der Waals surface area contributed by atoms with Gasteiger partial charge in [0.05, 0.1) is 27.7 Å². The van der Waals surface area contributed by atoms with E-state index in [1.54, 1.807) is 0 Å². The highest BCUT2D eigenvalue weighted by Gasteiger charge is 2.21. The van der Waals surface area contributed by atoms with Crippen molar-refractivity contribution in [3.63, 3.8) is 0 Å². The van der Waals surface area contributed by atoms with Crippen LogP contribution in [0.2, 0.25) is 0 Å². The Morgan fingerprint density at radius 2 is 0.659 bits per heavy atom. The van der Waals surface area contributed by atoms with Crippen LogP contribution in [0.1, 0.15) is 194 Å². The maximum absolute atomic E-state index is 12.8. The number of unbranched alkanes of at least 4 members (excludes halogenated alkanes) is 8. The van der Waals surface area contributed by atoms with Crippen molar-refractivity contribution < 1.29 is 42.1 Å². The summed E-state index contributed by atoms with van der Waals surface area (Å²) in [6, 6.07) is 0. The predicted molar refractivity (Wildman–Crippen MR) is 350 cm³/mol. The Bertz CT molecular complexity index is 2080. The second-order valence-electron chi connectivity index (χ2n) is 20.9. The number of rotatable bonds is 54. The number of phosphoric ester groups is 1. The lowest BCUT2D eigenvalue weighted by atomic mass is 10.1. The molecule has 0 aliphatic heterocycles. The van der Waals surface area contributed by atoms with Gasteiger partial charge in [-0.05, 0) is 141 Å². The number of quaternary nitrogens is 1. The number of hydrogen-bond donors (Lipinski definition) is 0. The van der Waals surface area contributed by atoms with E-state index in [0.29, 0.717) is 23.9 Å². The van der Waals surface area contributed by atoms with Crippen LogP contribution >= 0.6 is 7.82 Å². The van der Waals surface area contributed by atoms with Crippen LogP contribution in [0.15, 0.2) is 194 Å². The summed E-state index contributed by atoms with van der Waals surface area (Å²) in [6.07, 6.45) is 94.8. The summed E-state index contributed by atoms with van der Waals surface area (Å²) in [5.74, 6) is -0.911. The summed E-state index contributed by atoms with van der Waals surface area (Å²) in [6.45, 7) is 3.91. The number of ether oxygens (including phenoxy) is 2. The molecule has 0 spiro atoms. The van der Waals surface area contributed by atoms with Crippen molar-refractivity contribution >= 4 is 19.8 Å². The van der Waals surface area contributed by atoms with Crippen molar-refractivity contribution in [2.75, 3.05) is 47.5 Å². The zero-order chi connectivity index (χ0) is 59.8. The SMILES string of the molecule is CC/C=C\C/C=C\C/C=C\C/C=C\C/C=C\C/C=C\C/C=C\C/C=C\C/C=C\C/C=C\CCCCCCC(=O)OC(COC(=O)CCCCCC/C=C\C/C=C\C/C=C\C/C=C\C/C=C\C/C=C\CC)COP(=O)([O-])OCC[N+](C)(C)C. The third-order valence-corrected chi connectivity index (χ3v) is 13.1. The lowest BCUT2D eigenvalue weighted by Gasteiger charge is -2.28. The fourth-order valence-electron chi connectivity index (χ4n) is 7.39. The number of likely N-dealkylation sites (N-methyl/N-ethyl adjacent to an activating group) is 1. The van der Waals surface area contributed by atoms with Crippen molar-refractivity contribution in [3.05, 3.63) is 194 Å². The van der Waals surface area contributed by atoms with Crippen LogP contribution in [-0.4, -0.2) is 70.0 Å². The lowest BCUT2D eigenvalue weighted by molar-refractivity contribution is -0.870. The number of phosphoric acid groups is 1. The number of allylic oxidation sites excluding steroid dienone is 32. The van der Waals surface area contributed by atoms with Gasteiger partial charge >= 0.3 is 11.9 Å². The minimum Gasteiger partial charge on any atom is -0.756 e. The Hall–Kier alpha value is -5.15. The molecular formula is C72H112NO8P. The number of hydrogen-bond acceptors (Lipinski definition) is 8. The van der Waals surface area contributed by atoms with Gasteiger partial charge in [-0.15, -0.1) is 0 Å². The Morgan fingerprint density at radius 1 is 0.378 bits per heavy atom. The van der Waals surface area contributed by atoms with E-state index in [9.17, 15) is 19.0 Å². The van der Waals surface area contributed by atoms with E-state index >= 15 is 0 Å². The van der Waals surface area contributed by atoms with E-state index in [-0.39, 0.29) is 26.1 Å². The van der Waals surface area contributed by atoms with E-state index in [4.69, 9.17) is 18.5 Å². The summed E-state index contributed by atoms with van der Waals surface area (Å²) < 4.78 is 34.1. The number of nitrogens with zero attached hydrogens (tertiary/aromatic N) is 1. The fourth-order valence-corrected chi connectivity index (χ4v) is 8.12. The quantitative estimate of drug-likeness (QED) is 0.0195.